The van der Waals surface area contributed by atoms with Crippen LogP contribution in [0.4, 0.5) is 5.69 Å². The molecule has 1 spiro atoms. The first-order chi connectivity index (χ1) is 15.1. The van der Waals surface area contributed by atoms with E-state index in [2.05, 4.69) is 20.6 Å². The number of aryl methyl sites for hydroxylation is 2. The third-order valence-electron chi connectivity index (χ3n) is 6.94. The molecule has 1 fully saturated rings. The first kappa shape index (κ1) is 18.3. The summed E-state index contributed by atoms with van der Waals surface area (Å²) in [4.78, 5) is 29.0. The highest BCUT2D eigenvalue weighted by atomic mass is 16.2. The normalized spacial score (nSPS) is 24.4. The SMILES string of the molecule is Cn1cc(C2N(C(=O)c3nnc4n3CCCC4)CCC23C(=O)Nc2ccccc23)cn1. The number of benzene rings is 1. The van der Waals surface area contributed by atoms with E-state index in [1.165, 1.54) is 0 Å². The van der Waals surface area contributed by atoms with Crippen LogP contribution in [0, 0.1) is 0 Å². The third kappa shape index (κ3) is 2.46. The molecule has 0 saturated carbocycles. The van der Waals surface area contributed by atoms with Crippen molar-refractivity contribution in [3.63, 3.8) is 0 Å². The van der Waals surface area contributed by atoms with Crippen molar-refractivity contribution in [2.75, 3.05) is 11.9 Å². The Labute approximate surface area is 179 Å². The topological polar surface area (TPSA) is 97.9 Å². The molecule has 6 rings (SSSR count). The maximum absolute atomic E-state index is 13.8. The van der Waals surface area contributed by atoms with E-state index in [-0.39, 0.29) is 11.8 Å². The number of rotatable bonds is 2. The summed E-state index contributed by atoms with van der Waals surface area (Å²) in [5.74, 6) is 0.988. The molecular weight excluding hydrogens is 394 g/mol. The number of amides is 2. The average Bonchev–Trinajstić information content (AvgIpc) is 3.54. The van der Waals surface area contributed by atoms with Gasteiger partial charge in [-0.3, -0.25) is 14.3 Å². The molecule has 3 aliphatic rings. The van der Waals surface area contributed by atoms with Crippen LogP contribution in [0.5, 0.6) is 0 Å². The molecule has 3 aromatic rings. The molecule has 1 aromatic carbocycles. The number of aromatic nitrogens is 5. The van der Waals surface area contributed by atoms with Gasteiger partial charge in [0.15, 0.2) is 0 Å². The molecule has 0 bridgehead atoms. The van der Waals surface area contributed by atoms with Crippen molar-refractivity contribution in [1.82, 2.24) is 29.4 Å². The molecule has 0 aliphatic carbocycles. The maximum atomic E-state index is 13.8. The van der Waals surface area contributed by atoms with Crippen LogP contribution < -0.4 is 5.32 Å². The Kier molecular flexibility index (Phi) is 3.84. The summed E-state index contributed by atoms with van der Waals surface area (Å²) in [6.45, 7) is 1.21. The van der Waals surface area contributed by atoms with Crippen molar-refractivity contribution in [3.05, 3.63) is 59.4 Å². The van der Waals surface area contributed by atoms with E-state index in [1.807, 2.05) is 42.1 Å². The molecule has 9 nitrogen and oxygen atoms in total. The van der Waals surface area contributed by atoms with Crippen molar-refractivity contribution < 1.29 is 9.59 Å². The van der Waals surface area contributed by atoms with Gasteiger partial charge in [-0.15, -0.1) is 10.2 Å². The lowest BCUT2D eigenvalue weighted by atomic mass is 9.73. The van der Waals surface area contributed by atoms with Crippen molar-refractivity contribution >= 4 is 17.5 Å². The number of carbonyl (C=O) groups is 2. The van der Waals surface area contributed by atoms with Gasteiger partial charge in [0.05, 0.1) is 12.2 Å². The minimum atomic E-state index is -0.847. The molecule has 31 heavy (non-hydrogen) atoms. The Balaban J connectivity index is 1.49. The number of fused-ring (bicyclic) bond motifs is 3. The first-order valence-corrected chi connectivity index (χ1v) is 10.7. The molecule has 3 aliphatic heterocycles. The predicted octanol–water partition coefficient (Wildman–Crippen LogP) is 1.83. The number of nitrogens with one attached hydrogen (secondary N) is 1. The summed E-state index contributed by atoms with van der Waals surface area (Å²) in [5.41, 5.74) is 1.75. The molecule has 0 radical (unpaired) electrons. The molecule has 2 aromatic heterocycles. The lowest BCUT2D eigenvalue weighted by Crippen LogP contribution is -2.43. The van der Waals surface area contributed by atoms with Gasteiger partial charge in [-0.2, -0.15) is 5.10 Å². The highest BCUT2D eigenvalue weighted by Gasteiger charge is 2.60. The summed E-state index contributed by atoms with van der Waals surface area (Å²) in [6, 6.07) is 7.30. The monoisotopic (exact) mass is 417 g/mol. The zero-order valence-electron chi connectivity index (χ0n) is 17.3. The fourth-order valence-electron chi connectivity index (χ4n) is 5.55. The van der Waals surface area contributed by atoms with Gasteiger partial charge >= 0.3 is 0 Å². The van der Waals surface area contributed by atoms with Crippen LogP contribution in [0.3, 0.4) is 0 Å². The average molecular weight is 417 g/mol. The number of hydrogen-bond acceptors (Lipinski definition) is 5. The van der Waals surface area contributed by atoms with Gasteiger partial charge in [-0.1, -0.05) is 18.2 Å². The van der Waals surface area contributed by atoms with Crippen molar-refractivity contribution in [3.8, 4) is 0 Å². The highest BCUT2D eigenvalue weighted by molar-refractivity contribution is 6.08. The second-order valence-electron chi connectivity index (χ2n) is 8.62. The zero-order valence-corrected chi connectivity index (χ0v) is 17.3. The summed E-state index contributed by atoms with van der Waals surface area (Å²) >= 11 is 0. The standard InChI is InChI=1S/C22H23N7O2/c1-27-13-14(12-23-27)18-22(15-6-2-3-7-16(15)24-21(22)31)9-11-29(18)20(30)19-26-25-17-8-4-5-10-28(17)19/h2-3,6-7,12-13,18H,4-5,8-11H2,1H3,(H,24,31). The van der Waals surface area contributed by atoms with Crippen molar-refractivity contribution in [2.45, 2.75) is 43.7 Å². The zero-order chi connectivity index (χ0) is 21.2. The van der Waals surface area contributed by atoms with E-state index in [4.69, 9.17) is 0 Å². The molecule has 158 valence electrons. The van der Waals surface area contributed by atoms with Gasteiger partial charge < -0.3 is 14.8 Å². The number of para-hydroxylation sites is 1. The van der Waals surface area contributed by atoms with Gasteiger partial charge in [0, 0.05) is 44.0 Å². The van der Waals surface area contributed by atoms with Crippen molar-refractivity contribution in [2.24, 2.45) is 7.05 Å². The molecule has 1 saturated heterocycles. The molecule has 2 amide bonds. The Morgan fingerprint density at radius 2 is 2.06 bits per heavy atom. The first-order valence-electron chi connectivity index (χ1n) is 10.7. The molecule has 5 heterocycles. The minimum absolute atomic E-state index is 0.0684. The van der Waals surface area contributed by atoms with Gasteiger partial charge in [0.1, 0.15) is 11.2 Å². The van der Waals surface area contributed by atoms with E-state index in [1.54, 1.807) is 15.8 Å². The second-order valence-corrected chi connectivity index (χ2v) is 8.62. The molecule has 1 N–H and O–H groups in total. The predicted molar refractivity (Wildman–Crippen MR) is 111 cm³/mol. The molecule has 9 heteroatoms. The summed E-state index contributed by atoms with van der Waals surface area (Å²) in [6.07, 6.45) is 7.11. The van der Waals surface area contributed by atoms with Crippen LogP contribution >= 0.6 is 0 Å². The molecule has 2 atom stereocenters. The summed E-state index contributed by atoms with van der Waals surface area (Å²) in [5, 5.41) is 15.9. The number of nitrogens with zero attached hydrogens (tertiary/aromatic N) is 6. The van der Waals surface area contributed by atoms with Crippen LogP contribution in [0.2, 0.25) is 0 Å². The van der Waals surface area contributed by atoms with Crippen molar-refractivity contribution in [1.29, 1.82) is 0 Å². The summed E-state index contributed by atoms with van der Waals surface area (Å²) in [7, 11) is 1.84. The minimum Gasteiger partial charge on any atom is -0.327 e. The number of likely N-dealkylation sites (tertiary alicyclic amines) is 1. The Morgan fingerprint density at radius 1 is 1.19 bits per heavy atom. The fraction of sp³-hybridized carbons (Fsp3) is 0.409. The Bertz CT molecular complexity index is 1210. The van der Waals surface area contributed by atoms with Crippen LogP contribution in [-0.4, -0.2) is 47.8 Å². The van der Waals surface area contributed by atoms with Gasteiger partial charge in [0.2, 0.25) is 11.7 Å². The maximum Gasteiger partial charge on any atom is 0.292 e. The van der Waals surface area contributed by atoms with Crippen LogP contribution in [0.1, 0.15) is 52.9 Å². The third-order valence-corrected chi connectivity index (χ3v) is 6.94. The van der Waals surface area contributed by atoms with Gasteiger partial charge in [0.25, 0.3) is 5.91 Å². The Morgan fingerprint density at radius 3 is 2.90 bits per heavy atom. The molecular formula is C22H23N7O2. The smallest absolute Gasteiger partial charge is 0.292 e. The summed E-state index contributed by atoms with van der Waals surface area (Å²) < 4.78 is 3.65. The second kappa shape index (κ2) is 6.50. The van der Waals surface area contributed by atoms with Crippen LogP contribution in [0.25, 0.3) is 0 Å². The lowest BCUT2D eigenvalue weighted by molar-refractivity contribution is -0.121. The lowest BCUT2D eigenvalue weighted by Gasteiger charge is -2.33. The van der Waals surface area contributed by atoms with E-state index in [9.17, 15) is 9.59 Å². The number of carbonyl (C=O) groups excluding carboxylic acids is 2. The van der Waals surface area contributed by atoms with E-state index < -0.39 is 11.5 Å². The molecule has 2 unspecified atom stereocenters. The van der Waals surface area contributed by atoms with E-state index >= 15 is 0 Å². The van der Waals surface area contributed by atoms with Gasteiger partial charge in [-0.25, -0.2) is 0 Å². The van der Waals surface area contributed by atoms with E-state index in [0.717, 1.165) is 48.4 Å². The Hall–Kier alpha value is -3.49. The number of anilines is 1. The largest absolute Gasteiger partial charge is 0.327 e. The van der Waals surface area contributed by atoms with E-state index in [0.29, 0.717) is 18.8 Å². The fourth-order valence-corrected chi connectivity index (χ4v) is 5.55. The van der Waals surface area contributed by atoms with Gasteiger partial charge in [-0.05, 0) is 30.9 Å². The highest BCUT2D eigenvalue weighted by Crippen LogP contribution is 2.54. The van der Waals surface area contributed by atoms with Crippen LogP contribution in [0.15, 0.2) is 36.7 Å². The van der Waals surface area contributed by atoms with Crippen LogP contribution in [-0.2, 0) is 30.2 Å². The quantitative estimate of drug-likeness (QED) is 0.686. The number of hydrogen-bond donors (Lipinski definition) is 1.